The first-order valence-electron chi connectivity index (χ1n) is 12.4. The molecule has 0 saturated heterocycles. The molecule has 0 unspecified atom stereocenters. The number of ether oxygens (including phenoxy) is 1. The predicted molar refractivity (Wildman–Crippen MR) is 131 cm³/mol. The van der Waals surface area contributed by atoms with Gasteiger partial charge < -0.3 is 4.74 Å². The Morgan fingerprint density at radius 3 is 1.55 bits per heavy atom. The lowest BCUT2D eigenvalue weighted by atomic mass is 10.0. The summed E-state index contributed by atoms with van der Waals surface area (Å²) in [6.07, 6.45) is 22.7. The summed E-state index contributed by atoms with van der Waals surface area (Å²) >= 11 is 0. The molecule has 2 rings (SSSR count). The molecule has 1 heterocycles. The van der Waals surface area contributed by atoms with Crippen LogP contribution in [0.1, 0.15) is 96.8 Å². The van der Waals surface area contributed by atoms with Crippen LogP contribution >= 0.6 is 0 Å². The Bertz CT molecular complexity index is 685. The van der Waals surface area contributed by atoms with E-state index < -0.39 is 0 Å². The maximum atomic E-state index is 5.85. The zero-order valence-electron chi connectivity index (χ0n) is 19.5. The number of benzene rings is 1. The molecule has 0 radical (unpaired) electrons. The van der Waals surface area contributed by atoms with Crippen LogP contribution < -0.4 is 4.74 Å². The number of azo groups is 1. The lowest BCUT2D eigenvalue weighted by molar-refractivity contribution is 0.304. The molecule has 0 bridgehead atoms. The van der Waals surface area contributed by atoms with Crippen LogP contribution in [-0.4, -0.2) is 11.6 Å². The van der Waals surface area contributed by atoms with E-state index in [0.717, 1.165) is 30.2 Å². The second-order valence-corrected chi connectivity index (χ2v) is 8.34. The van der Waals surface area contributed by atoms with E-state index in [4.69, 9.17) is 4.74 Å². The van der Waals surface area contributed by atoms with E-state index in [-0.39, 0.29) is 0 Å². The zero-order valence-corrected chi connectivity index (χ0v) is 19.5. The van der Waals surface area contributed by atoms with Gasteiger partial charge in [0.15, 0.2) is 0 Å². The highest BCUT2D eigenvalue weighted by atomic mass is 16.5. The molecule has 0 N–H and O–H groups in total. The molecule has 31 heavy (non-hydrogen) atoms. The maximum absolute atomic E-state index is 5.85. The second kappa shape index (κ2) is 17.5. The van der Waals surface area contributed by atoms with Crippen LogP contribution in [0.15, 0.2) is 59.0 Å². The molecule has 4 nitrogen and oxygen atoms in total. The summed E-state index contributed by atoms with van der Waals surface area (Å²) in [6, 6.07) is 11.5. The van der Waals surface area contributed by atoms with Crippen molar-refractivity contribution in [2.75, 3.05) is 6.61 Å². The molecule has 0 spiro atoms. The Hall–Kier alpha value is -2.23. The SMILES string of the molecule is CCCCCCCCCCCCCCCCOc1ccc(N=Nc2ccncc2)cc1. The molecule has 4 heteroatoms. The summed E-state index contributed by atoms with van der Waals surface area (Å²) in [7, 11) is 0. The first-order chi connectivity index (χ1) is 15.4. The summed E-state index contributed by atoms with van der Waals surface area (Å²) in [5.41, 5.74) is 1.62. The van der Waals surface area contributed by atoms with Gasteiger partial charge in [0.05, 0.1) is 18.0 Å². The van der Waals surface area contributed by atoms with Crippen molar-refractivity contribution in [2.24, 2.45) is 10.2 Å². The van der Waals surface area contributed by atoms with Crippen LogP contribution in [0.5, 0.6) is 5.75 Å². The third-order valence-electron chi connectivity index (χ3n) is 5.55. The number of unbranched alkanes of at least 4 members (excludes halogenated alkanes) is 13. The normalized spacial score (nSPS) is 11.3. The Kier molecular flexibility index (Phi) is 14.1. The predicted octanol–water partition coefficient (Wildman–Crippen LogP) is 9.36. The van der Waals surface area contributed by atoms with Crippen molar-refractivity contribution in [1.29, 1.82) is 0 Å². The Morgan fingerprint density at radius 2 is 1.03 bits per heavy atom. The molecule has 170 valence electrons. The molecule has 1 aromatic heterocycles. The van der Waals surface area contributed by atoms with Gasteiger partial charge in [-0.3, -0.25) is 4.98 Å². The van der Waals surface area contributed by atoms with Crippen molar-refractivity contribution in [2.45, 2.75) is 96.8 Å². The van der Waals surface area contributed by atoms with Crippen LogP contribution in [-0.2, 0) is 0 Å². The van der Waals surface area contributed by atoms with E-state index >= 15 is 0 Å². The van der Waals surface area contributed by atoms with Gasteiger partial charge in [0, 0.05) is 12.4 Å². The zero-order chi connectivity index (χ0) is 21.8. The number of pyridine rings is 1. The average molecular weight is 424 g/mol. The van der Waals surface area contributed by atoms with Crippen molar-refractivity contribution < 1.29 is 4.74 Å². The third-order valence-corrected chi connectivity index (χ3v) is 5.55. The molecule has 0 saturated carbocycles. The van der Waals surface area contributed by atoms with Crippen molar-refractivity contribution >= 4 is 11.4 Å². The van der Waals surface area contributed by atoms with E-state index in [0.29, 0.717) is 0 Å². The summed E-state index contributed by atoms with van der Waals surface area (Å²) in [5.74, 6) is 0.901. The standard InChI is InChI=1S/C27H41N3O/c1-2-3-4-5-6-7-8-9-10-11-12-13-14-15-24-31-27-18-16-25(17-19-27)29-30-26-20-22-28-23-21-26/h16-23H,2-15,24H2,1H3. The smallest absolute Gasteiger partial charge is 0.119 e. The molecule has 0 amide bonds. The van der Waals surface area contributed by atoms with Gasteiger partial charge in [-0.25, -0.2) is 0 Å². The summed E-state index contributed by atoms with van der Waals surface area (Å²) in [5, 5.41) is 8.43. The summed E-state index contributed by atoms with van der Waals surface area (Å²) < 4.78 is 5.85. The third kappa shape index (κ3) is 12.9. The van der Waals surface area contributed by atoms with E-state index in [9.17, 15) is 0 Å². The Labute approximate surface area is 189 Å². The van der Waals surface area contributed by atoms with Crippen LogP contribution in [0.25, 0.3) is 0 Å². The minimum atomic E-state index is 0.788. The monoisotopic (exact) mass is 423 g/mol. The molecular weight excluding hydrogens is 382 g/mol. The van der Waals surface area contributed by atoms with Gasteiger partial charge in [0.2, 0.25) is 0 Å². The van der Waals surface area contributed by atoms with E-state index in [1.165, 1.54) is 83.5 Å². The molecule has 0 fully saturated rings. The fourth-order valence-electron chi connectivity index (χ4n) is 3.62. The first kappa shape index (κ1) is 25.0. The number of hydrogen-bond acceptors (Lipinski definition) is 4. The van der Waals surface area contributed by atoms with Crippen molar-refractivity contribution in [1.82, 2.24) is 4.98 Å². The van der Waals surface area contributed by atoms with E-state index in [2.05, 4.69) is 22.1 Å². The highest BCUT2D eigenvalue weighted by molar-refractivity contribution is 5.42. The minimum Gasteiger partial charge on any atom is -0.494 e. The van der Waals surface area contributed by atoms with Gasteiger partial charge in [-0.05, 0) is 42.8 Å². The second-order valence-electron chi connectivity index (χ2n) is 8.34. The van der Waals surface area contributed by atoms with Crippen LogP contribution in [0, 0.1) is 0 Å². The van der Waals surface area contributed by atoms with Gasteiger partial charge >= 0.3 is 0 Å². The summed E-state index contributed by atoms with van der Waals surface area (Å²) in [4.78, 5) is 3.97. The highest BCUT2D eigenvalue weighted by Gasteiger charge is 1.97. The molecule has 1 aromatic carbocycles. The lowest BCUT2D eigenvalue weighted by Crippen LogP contribution is -1.96. The molecule has 0 atom stereocenters. The number of nitrogens with zero attached hydrogens (tertiary/aromatic N) is 3. The van der Waals surface area contributed by atoms with Gasteiger partial charge in [-0.15, -0.1) is 0 Å². The van der Waals surface area contributed by atoms with Crippen LogP contribution in [0.2, 0.25) is 0 Å². The van der Waals surface area contributed by atoms with E-state index in [1.54, 1.807) is 12.4 Å². The highest BCUT2D eigenvalue weighted by Crippen LogP contribution is 2.21. The molecule has 0 aliphatic rings. The molecular formula is C27H41N3O. The van der Waals surface area contributed by atoms with Crippen LogP contribution in [0.4, 0.5) is 11.4 Å². The van der Waals surface area contributed by atoms with Gasteiger partial charge in [-0.2, -0.15) is 10.2 Å². The summed E-state index contributed by atoms with van der Waals surface area (Å²) in [6.45, 7) is 3.07. The minimum absolute atomic E-state index is 0.788. The molecule has 0 aliphatic heterocycles. The van der Waals surface area contributed by atoms with Crippen molar-refractivity contribution in [3.05, 3.63) is 48.8 Å². The largest absolute Gasteiger partial charge is 0.494 e. The maximum Gasteiger partial charge on any atom is 0.119 e. The number of rotatable bonds is 18. The van der Waals surface area contributed by atoms with Gasteiger partial charge in [-0.1, -0.05) is 90.4 Å². The Morgan fingerprint density at radius 1 is 0.581 bits per heavy atom. The van der Waals surface area contributed by atoms with Gasteiger partial charge in [0.1, 0.15) is 5.75 Å². The number of hydrogen-bond donors (Lipinski definition) is 0. The van der Waals surface area contributed by atoms with Crippen molar-refractivity contribution in [3.63, 3.8) is 0 Å². The van der Waals surface area contributed by atoms with Crippen molar-refractivity contribution in [3.8, 4) is 5.75 Å². The average Bonchev–Trinajstić information content (AvgIpc) is 2.81. The lowest BCUT2D eigenvalue weighted by Gasteiger charge is -2.06. The first-order valence-corrected chi connectivity index (χ1v) is 12.4. The van der Waals surface area contributed by atoms with E-state index in [1.807, 2.05) is 36.4 Å². The quantitative estimate of drug-likeness (QED) is 0.177. The van der Waals surface area contributed by atoms with Crippen LogP contribution in [0.3, 0.4) is 0 Å². The van der Waals surface area contributed by atoms with Gasteiger partial charge in [0.25, 0.3) is 0 Å². The molecule has 0 aliphatic carbocycles. The molecule has 2 aromatic rings. The number of aromatic nitrogens is 1. The fraction of sp³-hybridized carbons (Fsp3) is 0.593. The Balaban J connectivity index is 1.41. The fourth-order valence-corrected chi connectivity index (χ4v) is 3.62. The topological polar surface area (TPSA) is 46.8 Å².